The molecular formula is C26H15Cl2F3N2O. The second kappa shape index (κ2) is 8.38. The number of fused-ring (bicyclic) bond motifs is 3. The molecule has 1 aromatic heterocycles. The summed E-state index contributed by atoms with van der Waals surface area (Å²) in [5, 5.41) is 2.14. The van der Waals surface area contributed by atoms with Crippen LogP contribution in [0.5, 0.6) is 0 Å². The van der Waals surface area contributed by atoms with Crippen molar-refractivity contribution in [3.05, 3.63) is 105 Å². The fourth-order valence-electron chi connectivity index (χ4n) is 4.31. The van der Waals surface area contributed by atoms with E-state index in [0.29, 0.717) is 43.0 Å². The molecule has 0 aliphatic rings. The Morgan fingerprint density at radius 2 is 1.56 bits per heavy atom. The van der Waals surface area contributed by atoms with Gasteiger partial charge in [0.25, 0.3) is 0 Å². The smallest absolute Gasteiger partial charge is 0.249 e. The molecule has 0 saturated carbocycles. The first-order valence-corrected chi connectivity index (χ1v) is 10.9. The molecule has 1 heterocycles. The monoisotopic (exact) mass is 498 g/mol. The van der Waals surface area contributed by atoms with Crippen LogP contribution in [0, 0.1) is 17.5 Å². The first-order chi connectivity index (χ1) is 16.3. The number of halogens is 5. The predicted octanol–water partition coefficient (Wildman–Crippen LogP) is 7.33. The molecule has 170 valence electrons. The lowest BCUT2D eigenvalue weighted by atomic mass is 10.0. The Bertz CT molecular complexity index is 1610. The minimum Gasteiger partial charge on any atom is -0.366 e. The van der Waals surface area contributed by atoms with Gasteiger partial charge in [-0.05, 0) is 42.0 Å². The summed E-state index contributed by atoms with van der Waals surface area (Å²) in [4.78, 5) is 12.2. The Hall–Kier alpha value is -3.48. The number of carbonyl (C=O) groups is 1. The van der Waals surface area contributed by atoms with Gasteiger partial charge in [0.2, 0.25) is 5.91 Å². The summed E-state index contributed by atoms with van der Waals surface area (Å²) in [5.74, 6) is -4.71. The maximum Gasteiger partial charge on any atom is 0.249 e. The lowest BCUT2D eigenvalue weighted by molar-refractivity contribution is 0.100. The third-order valence-corrected chi connectivity index (χ3v) is 6.48. The van der Waals surface area contributed by atoms with Crippen molar-refractivity contribution in [1.29, 1.82) is 0 Å². The molecule has 1 amide bonds. The molecule has 5 aromatic rings. The van der Waals surface area contributed by atoms with Gasteiger partial charge in [-0.1, -0.05) is 53.5 Å². The highest BCUT2D eigenvalue weighted by Crippen LogP contribution is 2.39. The zero-order valence-corrected chi connectivity index (χ0v) is 18.9. The zero-order chi connectivity index (χ0) is 24.1. The Labute approximate surface area is 202 Å². The number of amides is 1. The van der Waals surface area contributed by atoms with Gasteiger partial charge in [0.05, 0.1) is 17.6 Å². The molecule has 0 unspecified atom stereocenters. The van der Waals surface area contributed by atoms with Crippen LogP contribution in [-0.4, -0.2) is 10.5 Å². The highest BCUT2D eigenvalue weighted by Gasteiger charge is 2.20. The van der Waals surface area contributed by atoms with E-state index in [1.54, 1.807) is 47.0 Å². The van der Waals surface area contributed by atoms with Crippen LogP contribution < -0.4 is 5.73 Å². The molecule has 0 radical (unpaired) electrons. The van der Waals surface area contributed by atoms with E-state index in [9.17, 15) is 18.0 Å². The summed E-state index contributed by atoms with van der Waals surface area (Å²) in [7, 11) is 0. The van der Waals surface area contributed by atoms with Gasteiger partial charge in [0.1, 0.15) is 0 Å². The maximum atomic E-state index is 14.6. The third kappa shape index (κ3) is 3.50. The van der Waals surface area contributed by atoms with Gasteiger partial charge >= 0.3 is 0 Å². The van der Waals surface area contributed by atoms with Crippen molar-refractivity contribution in [2.45, 2.75) is 6.54 Å². The number of hydrogen-bond donors (Lipinski definition) is 1. The topological polar surface area (TPSA) is 48.0 Å². The van der Waals surface area contributed by atoms with E-state index in [1.165, 1.54) is 6.07 Å². The molecule has 3 nitrogen and oxygen atoms in total. The fraction of sp³-hybridized carbons (Fsp3) is 0.0385. The molecule has 0 aliphatic carbocycles. The zero-order valence-electron chi connectivity index (χ0n) is 17.4. The van der Waals surface area contributed by atoms with Crippen molar-refractivity contribution < 1.29 is 18.0 Å². The molecule has 34 heavy (non-hydrogen) atoms. The van der Waals surface area contributed by atoms with E-state index in [-0.39, 0.29) is 17.7 Å². The standard InChI is InChI=1S/C26H15Cl2F3N2O/c27-17-4-2-5-18(28)22(17)13-7-9-15-21(11-13)33(12-14-8-10-19(29)25(31)24(14)30)20-6-1-3-16(23(15)20)26(32)34/h1-11H,12H2,(H2,32,34). The van der Waals surface area contributed by atoms with Crippen molar-refractivity contribution in [1.82, 2.24) is 4.57 Å². The van der Waals surface area contributed by atoms with Gasteiger partial charge in [-0.25, -0.2) is 13.2 Å². The quantitative estimate of drug-likeness (QED) is 0.259. The van der Waals surface area contributed by atoms with Crippen LogP contribution in [0.15, 0.2) is 66.7 Å². The molecule has 4 aromatic carbocycles. The number of carbonyl (C=O) groups excluding carboxylic acids is 1. The highest BCUT2D eigenvalue weighted by molar-refractivity contribution is 6.39. The Kier molecular flexibility index (Phi) is 5.50. The average Bonchev–Trinajstić information content (AvgIpc) is 3.12. The van der Waals surface area contributed by atoms with Crippen molar-refractivity contribution in [3.63, 3.8) is 0 Å². The molecule has 0 aliphatic heterocycles. The molecule has 0 spiro atoms. The number of nitrogens with zero attached hydrogens (tertiary/aromatic N) is 1. The Morgan fingerprint density at radius 3 is 2.26 bits per heavy atom. The lowest BCUT2D eigenvalue weighted by Crippen LogP contribution is -2.11. The van der Waals surface area contributed by atoms with Crippen LogP contribution in [0.4, 0.5) is 13.2 Å². The van der Waals surface area contributed by atoms with Crippen LogP contribution in [0.1, 0.15) is 15.9 Å². The van der Waals surface area contributed by atoms with Gasteiger partial charge in [-0.2, -0.15) is 0 Å². The van der Waals surface area contributed by atoms with E-state index in [4.69, 9.17) is 28.9 Å². The van der Waals surface area contributed by atoms with Crippen molar-refractivity contribution >= 4 is 50.9 Å². The number of rotatable bonds is 4. The first kappa shape index (κ1) is 22.3. The summed E-state index contributed by atoms with van der Waals surface area (Å²) in [5.41, 5.74) is 8.35. The molecule has 0 bridgehead atoms. The Balaban J connectivity index is 1.84. The number of nitrogens with two attached hydrogens (primary N) is 1. The second-order valence-electron chi connectivity index (χ2n) is 7.81. The van der Waals surface area contributed by atoms with E-state index < -0.39 is 23.4 Å². The molecule has 0 saturated heterocycles. The van der Waals surface area contributed by atoms with E-state index >= 15 is 0 Å². The molecule has 0 fully saturated rings. The van der Waals surface area contributed by atoms with Gasteiger partial charge in [0.15, 0.2) is 17.5 Å². The van der Waals surface area contributed by atoms with Gasteiger partial charge < -0.3 is 10.3 Å². The van der Waals surface area contributed by atoms with Gasteiger partial charge in [0, 0.05) is 37.5 Å². The third-order valence-electron chi connectivity index (χ3n) is 5.85. The predicted molar refractivity (Wildman–Crippen MR) is 129 cm³/mol. The largest absolute Gasteiger partial charge is 0.366 e. The summed E-state index contributed by atoms with van der Waals surface area (Å²) >= 11 is 12.8. The lowest BCUT2D eigenvalue weighted by Gasteiger charge is -2.11. The summed E-state index contributed by atoms with van der Waals surface area (Å²) in [6, 6.07) is 17.7. The maximum absolute atomic E-state index is 14.6. The SMILES string of the molecule is NC(=O)c1cccc2c1c1ccc(-c3c(Cl)cccc3Cl)cc1n2Cc1ccc(F)c(F)c1F. The van der Waals surface area contributed by atoms with Crippen LogP contribution >= 0.6 is 23.2 Å². The first-order valence-electron chi connectivity index (χ1n) is 10.2. The Morgan fingerprint density at radius 1 is 0.853 bits per heavy atom. The van der Waals surface area contributed by atoms with Crippen molar-refractivity contribution in [2.75, 3.05) is 0 Å². The van der Waals surface area contributed by atoms with Crippen LogP contribution in [-0.2, 0) is 6.54 Å². The number of aromatic nitrogens is 1. The highest BCUT2D eigenvalue weighted by atomic mass is 35.5. The summed E-state index contributed by atoms with van der Waals surface area (Å²) < 4.78 is 43.7. The number of hydrogen-bond acceptors (Lipinski definition) is 1. The summed E-state index contributed by atoms with van der Waals surface area (Å²) in [6.45, 7) is -0.120. The van der Waals surface area contributed by atoms with E-state index in [0.717, 1.165) is 6.07 Å². The fourth-order valence-corrected chi connectivity index (χ4v) is 4.92. The molecule has 0 atom stereocenters. The molecular weight excluding hydrogens is 484 g/mol. The average molecular weight is 499 g/mol. The van der Waals surface area contributed by atoms with E-state index in [2.05, 4.69) is 0 Å². The van der Waals surface area contributed by atoms with E-state index in [1.807, 2.05) is 12.1 Å². The normalized spacial score (nSPS) is 11.4. The minimum absolute atomic E-state index is 0.0524. The van der Waals surface area contributed by atoms with Crippen LogP contribution in [0.25, 0.3) is 32.9 Å². The molecule has 2 N–H and O–H groups in total. The van der Waals surface area contributed by atoms with Crippen LogP contribution in [0.3, 0.4) is 0 Å². The van der Waals surface area contributed by atoms with Crippen LogP contribution in [0.2, 0.25) is 10.0 Å². The number of primary amides is 1. The van der Waals surface area contributed by atoms with Crippen molar-refractivity contribution in [2.24, 2.45) is 5.73 Å². The van der Waals surface area contributed by atoms with Crippen molar-refractivity contribution in [3.8, 4) is 11.1 Å². The number of benzene rings is 4. The second-order valence-corrected chi connectivity index (χ2v) is 8.63. The minimum atomic E-state index is -1.54. The molecule has 8 heteroatoms. The van der Waals surface area contributed by atoms with Gasteiger partial charge in [-0.3, -0.25) is 4.79 Å². The summed E-state index contributed by atoms with van der Waals surface area (Å²) in [6.07, 6.45) is 0. The van der Waals surface area contributed by atoms with Gasteiger partial charge in [-0.15, -0.1) is 0 Å². The molecule has 5 rings (SSSR count).